The van der Waals surface area contributed by atoms with Crippen LogP contribution < -0.4 is 9.46 Å². The number of hydrogen-bond acceptors (Lipinski definition) is 4. The summed E-state index contributed by atoms with van der Waals surface area (Å²) in [6, 6.07) is 6.45. The Kier molecular flexibility index (Phi) is 4.10. The Morgan fingerprint density at radius 3 is 2.70 bits per heavy atom. The van der Waals surface area contributed by atoms with Crippen LogP contribution in [0.2, 0.25) is 5.15 Å². The third kappa shape index (κ3) is 3.00. The molecule has 0 aliphatic rings. The van der Waals surface area contributed by atoms with Crippen molar-refractivity contribution in [3.8, 4) is 5.75 Å². The van der Waals surface area contributed by atoms with Crippen molar-refractivity contribution in [3.63, 3.8) is 0 Å². The van der Waals surface area contributed by atoms with Gasteiger partial charge in [-0.2, -0.15) is 0 Å². The van der Waals surface area contributed by atoms with Gasteiger partial charge >= 0.3 is 0 Å². The van der Waals surface area contributed by atoms with E-state index in [-0.39, 0.29) is 21.5 Å². The van der Waals surface area contributed by atoms with Crippen molar-refractivity contribution in [2.45, 2.75) is 4.90 Å². The van der Waals surface area contributed by atoms with Crippen LogP contribution in [-0.4, -0.2) is 20.5 Å². The van der Waals surface area contributed by atoms with E-state index in [0.717, 1.165) is 6.07 Å². The number of benzene rings is 1. The van der Waals surface area contributed by atoms with Crippen LogP contribution in [0.3, 0.4) is 0 Å². The van der Waals surface area contributed by atoms with Crippen LogP contribution in [0.15, 0.2) is 41.4 Å². The molecule has 5 nitrogen and oxygen atoms in total. The molecule has 0 bridgehead atoms. The van der Waals surface area contributed by atoms with Gasteiger partial charge in [-0.25, -0.2) is 17.8 Å². The summed E-state index contributed by atoms with van der Waals surface area (Å²) >= 11 is 5.73. The van der Waals surface area contributed by atoms with E-state index in [2.05, 4.69) is 9.71 Å². The monoisotopic (exact) mass is 316 g/mol. The zero-order chi connectivity index (χ0) is 14.8. The molecule has 106 valence electrons. The highest BCUT2D eigenvalue weighted by Crippen LogP contribution is 2.24. The average molecular weight is 317 g/mol. The van der Waals surface area contributed by atoms with Gasteiger partial charge in [-0.05, 0) is 24.3 Å². The van der Waals surface area contributed by atoms with Crippen LogP contribution in [0.5, 0.6) is 5.75 Å². The largest absolute Gasteiger partial charge is 0.494 e. The van der Waals surface area contributed by atoms with E-state index >= 15 is 0 Å². The van der Waals surface area contributed by atoms with Gasteiger partial charge in [0.25, 0.3) is 10.0 Å². The maximum absolute atomic E-state index is 13.5. The quantitative estimate of drug-likeness (QED) is 0.881. The lowest BCUT2D eigenvalue weighted by molar-refractivity contribution is 0.386. The topological polar surface area (TPSA) is 68.3 Å². The Balaban J connectivity index is 2.34. The summed E-state index contributed by atoms with van der Waals surface area (Å²) in [5, 5.41) is -0.158. The molecule has 0 radical (unpaired) electrons. The molecule has 1 N–H and O–H groups in total. The number of methoxy groups -OCH3 is 1. The van der Waals surface area contributed by atoms with Gasteiger partial charge in [-0.15, -0.1) is 0 Å². The molecule has 0 aliphatic heterocycles. The molecule has 0 atom stereocenters. The summed E-state index contributed by atoms with van der Waals surface area (Å²) in [6.45, 7) is 0. The molecule has 20 heavy (non-hydrogen) atoms. The number of sulfonamides is 1. The number of nitrogens with one attached hydrogen (secondary N) is 1. The van der Waals surface area contributed by atoms with E-state index in [0.29, 0.717) is 0 Å². The van der Waals surface area contributed by atoms with Crippen molar-refractivity contribution in [2.75, 3.05) is 11.8 Å². The molecule has 2 aromatic rings. The summed E-state index contributed by atoms with van der Waals surface area (Å²) in [5.41, 5.74) is 0.0585. The lowest BCUT2D eigenvalue weighted by Gasteiger charge is -2.10. The minimum atomic E-state index is -3.93. The minimum absolute atomic E-state index is 0.0207. The highest BCUT2D eigenvalue weighted by Gasteiger charge is 2.19. The molecule has 0 saturated carbocycles. The van der Waals surface area contributed by atoms with Crippen molar-refractivity contribution in [2.24, 2.45) is 0 Å². The fraction of sp³-hybridized carbons (Fsp3) is 0.0833. The molecule has 1 heterocycles. The second-order valence-electron chi connectivity index (χ2n) is 3.75. The normalized spacial score (nSPS) is 11.2. The Hall–Kier alpha value is -1.86. The van der Waals surface area contributed by atoms with Gasteiger partial charge in [0.1, 0.15) is 10.0 Å². The van der Waals surface area contributed by atoms with Crippen molar-refractivity contribution < 1.29 is 17.5 Å². The second kappa shape index (κ2) is 5.64. The number of halogens is 2. The highest BCUT2D eigenvalue weighted by molar-refractivity contribution is 7.92. The fourth-order valence-corrected chi connectivity index (χ4v) is 3.02. The zero-order valence-electron chi connectivity index (χ0n) is 10.3. The molecule has 0 unspecified atom stereocenters. The smallest absolute Gasteiger partial charge is 0.264 e. The van der Waals surface area contributed by atoms with Gasteiger partial charge in [0.05, 0.1) is 12.8 Å². The molecule has 1 aromatic carbocycles. The molecule has 0 amide bonds. The van der Waals surface area contributed by atoms with Crippen LogP contribution >= 0.6 is 11.6 Å². The van der Waals surface area contributed by atoms with Crippen molar-refractivity contribution >= 4 is 27.3 Å². The average Bonchev–Trinajstić information content (AvgIpc) is 2.38. The lowest BCUT2D eigenvalue weighted by atomic mass is 10.3. The number of nitrogens with zero attached hydrogens (tertiary/aromatic N) is 1. The lowest BCUT2D eigenvalue weighted by Crippen LogP contribution is -2.14. The zero-order valence-corrected chi connectivity index (χ0v) is 11.9. The first-order valence-corrected chi connectivity index (χ1v) is 7.27. The summed E-state index contributed by atoms with van der Waals surface area (Å²) in [5.74, 6) is -0.655. The van der Waals surface area contributed by atoms with Crippen LogP contribution in [0.1, 0.15) is 0 Å². The number of anilines is 1. The Morgan fingerprint density at radius 2 is 2.10 bits per heavy atom. The molecule has 0 saturated heterocycles. The number of aromatic nitrogens is 1. The number of pyridine rings is 1. The third-order valence-electron chi connectivity index (χ3n) is 2.42. The number of ether oxygens (including phenoxy) is 1. The van der Waals surface area contributed by atoms with Gasteiger partial charge in [0.2, 0.25) is 0 Å². The number of hydrogen-bond donors (Lipinski definition) is 1. The Bertz CT molecular complexity index is 737. The predicted octanol–water partition coefficient (Wildman–Crippen LogP) is 2.68. The Morgan fingerprint density at radius 1 is 1.35 bits per heavy atom. The third-order valence-corrected chi connectivity index (χ3v) is 4.24. The van der Waals surface area contributed by atoms with Crippen LogP contribution in [-0.2, 0) is 10.0 Å². The first kappa shape index (κ1) is 14.5. The molecule has 2 rings (SSSR count). The van der Waals surface area contributed by atoms with Crippen molar-refractivity contribution in [3.05, 3.63) is 47.5 Å². The summed E-state index contributed by atoms with van der Waals surface area (Å²) in [6.07, 6.45) is 1.37. The maximum atomic E-state index is 13.5. The first-order valence-electron chi connectivity index (χ1n) is 5.41. The fourth-order valence-electron chi connectivity index (χ4n) is 1.51. The molecule has 0 fully saturated rings. The first-order chi connectivity index (χ1) is 9.44. The minimum Gasteiger partial charge on any atom is -0.494 e. The van der Waals surface area contributed by atoms with Crippen LogP contribution in [0.25, 0.3) is 0 Å². The molecule has 0 aliphatic carbocycles. The van der Waals surface area contributed by atoms with E-state index in [1.165, 1.54) is 37.6 Å². The summed E-state index contributed by atoms with van der Waals surface area (Å²) in [4.78, 5) is 3.50. The van der Waals surface area contributed by atoms with Gasteiger partial charge in [-0.3, -0.25) is 4.72 Å². The van der Waals surface area contributed by atoms with Gasteiger partial charge in [-0.1, -0.05) is 11.6 Å². The van der Waals surface area contributed by atoms with E-state index in [9.17, 15) is 12.8 Å². The highest BCUT2D eigenvalue weighted by atomic mass is 35.5. The van der Waals surface area contributed by atoms with Crippen LogP contribution in [0.4, 0.5) is 10.1 Å². The summed E-state index contributed by atoms with van der Waals surface area (Å²) in [7, 11) is -2.62. The molecule has 1 aromatic heterocycles. The van der Waals surface area contributed by atoms with Crippen LogP contribution in [0, 0.1) is 5.82 Å². The van der Waals surface area contributed by atoms with Crippen molar-refractivity contribution in [1.29, 1.82) is 0 Å². The Labute approximate surface area is 120 Å². The molecule has 0 spiro atoms. The van der Waals surface area contributed by atoms with E-state index in [1.807, 2.05) is 0 Å². The van der Waals surface area contributed by atoms with Crippen molar-refractivity contribution in [1.82, 2.24) is 4.98 Å². The SMILES string of the molecule is COc1ccc(NS(=O)(=O)c2cccnc2Cl)cc1F. The van der Waals surface area contributed by atoms with E-state index in [4.69, 9.17) is 16.3 Å². The summed E-state index contributed by atoms with van der Waals surface area (Å²) < 4.78 is 44.7. The molecule has 8 heteroatoms. The maximum Gasteiger partial charge on any atom is 0.264 e. The van der Waals surface area contributed by atoms with Gasteiger partial charge in [0, 0.05) is 12.3 Å². The standard InChI is InChI=1S/C12H10ClFN2O3S/c1-19-10-5-4-8(7-9(10)14)16-20(17,18)11-3-2-6-15-12(11)13/h2-7,16H,1H3. The predicted molar refractivity (Wildman–Crippen MR) is 73.0 cm³/mol. The number of rotatable bonds is 4. The van der Waals surface area contributed by atoms with E-state index < -0.39 is 15.8 Å². The molecular weight excluding hydrogens is 307 g/mol. The van der Waals surface area contributed by atoms with Gasteiger partial charge < -0.3 is 4.74 Å². The molecular formula is C12H10ClFN2O3S. The van der Waals surface area contributed by atoms with E-state index in [1.54, 1.807) is 0 Å². The van der Waals surface area contributed by atoms with Gasteiger partial charge in [0.15, 0.2) is 11.6 Å². The second-order valence-corrected chi connectivity index (χ2v) is 5.76.